The molecule has 0 rings (SSSR count). The second-order valence-electron chi connectivity index (χ2n) is 2.71. The molecule has 4 N–H and O–H groups in total. The summed E-state index contributed by atoms with van der Waals surface area (Å²) in [7, 11) is 0. The summed E-state index contributed by atoms with van der Waals surface area (Å²) in [5.41, 5.74) is 10.3. The van der Waals surface area contributed by atoms with E-state index in [2.05, 4.69) is 0 Å². The summed E-state index contributed by atoms with van der Waals surface area (Å²) in [6.07, 6.45) is 0.179. The van der Waals surface area contributed by atoms with Gasteiger partial charge >= 0.3 is 0 Å². The zero-order valence-corrected chi connectivity index (χ0v) is 8.60. The lowest BCUT2D eigenvalue weighted by molar-refractivity contribution is -0.126. The van der Waals surface area contributed by atoms with Gasteiger partial charge in [0, 0.05) is 12.2 Å². The number of hydrogen-bond donors (Lipinski definition) is 2. The molecule has 0 saturated carbocycles. The largest absolute Gasteiger partial charge is 0.369 e. The third kappa shape index (κ3) is 5.65. The number of ketones is 1. The predicted molar refractivity (Wildman–Crippen MR) is 54.4 cm³/mol. The number of carbonyl (C=O) groups is 2. The molecular weight excluding hydrogens is 188 g/mol. The van der Waals surface area contributed by atoms with Crippen LogP contribution in [-0.2, 0) is 9.59 Å². The fraction of sp³-hybridized carbons (Fsp3) is 0.750. The standard InChI is InChI=1S/C8H16N2O2S/c1-2-13-5-6(8(10)12)3-7(11)4-9/h6H,2-5,9H2,1H3,(H2,10,12). The first-order chi connectivity index (χ1) is 6.11. The minimum absolute atomic E-state index is 0.0133. The predicted octanol–water partition coefficient (Wildman–Crippen LogP) is -0.241. The van der Waals surface area contributed by atoms with Gasteiger partial charge in [0.2, 0.25) is 5.91 Å². The lowest BCUT2D eigenvalue weighted by atomic mass is 10.0. The highest BCUT2D eigenvalue weighted by Gasteiger charge is 2.17. The Morgan fingerprint density at radius 2 is 2.08 bits per heavy atom. The topological polar surface area (TPSA) is 86.2 Å². The van der Waals surface area contributed by atoms with Gasteiger partial charge in [-0.05, 0) is 5.75 Å². The Hall–Kier alpha value is -0.550. The Morgan fingerprint density at radius 1 is 1.46 bits per heavy atom. The van der Waals surface area contributed by atoms with Crippen molar-refractivity contribution in [3.63, 3.8) is 0 Å². The van der Waals surface area contributed by atoms with Crippen molar-refractivity contribution in [2.45, 2.75) is 13.3 Å². The number of thioether (sulfide) groups is 1. The fourth-order valence-corrected chi connectivity index (χ4v) is 1.66. The molecule has 0 aliphatic heterocycles. The molecular formula is C8H16N2O2S. The molecule has 0 fully saturated rings. The van der Waals surface area contributed by atoms with Gasteiger partial charge in [-0.3, -0.25) is 9.59 Å². The van der Waals surface area contributed by atoms with Crippen LogP contribution in [0.3, 0.4) is 0 Å². The molecule has 0 spiro atoms. The zero-order valence-electron chi connectivity index (χ0n) is 7.79. The molecule has 5 heteroatoms. The minimum atomic E-state index is -0.414. The van der Waals surface area contributed by atoms with Crippen LogP contribution in [0.15, 0.2) is 0 Å². The van der Waals surface area contributed by atoms with Crippen molar-refractivity contribution >= 4 is 23.5 Å². The first kappa shape index (κ1) is 12.4. The first-order valence-corrected chi connectivity index (χ1v) is 5.36. The van der Waals surface area contributed by atoms with Gasteiger partial charge in [-0.15, -0.1) is 0 Å². The molecule has 0 radical (unpaired) electrons. The zero-order chi connectivity index (χ0) is 10.3. The van der Waals surface area contributed by atoms with Crippen LogP contribution in [0.25, 0.3) is 0 Å². The van der Waals surface area contributed by atoms with E-state index in [-0.39, 0.29) is 24.7 Å². The molecule has 0 aromatic carbocycles. The van der Waals surface area contributed by atoms with E-state index in [1.807, 2.05) is 6.92 Å². The second-order valence-corrected chi connectivity index (χ2v) is 4.02. The summed E-state index contributed by atoms with van der Waals surface area (Å²) >= 11 is 1.60. The summed E-state index contributed by atoms with van der Waals surface area (Å²) in [4.78, 5) is 21.8. The third-order valence-corrected chi connectivity index (χ3v) is 2.67. The number of hydrogen-bond acceptors (Lipinski definition) is 4. The minimum Gasteiger partial charge on any atom is -0.369 e. The molecule has 76 valence electrons. The van der Waals surface area contributed by atoms with Crippen molar-refractivity contribution in [2.24, 2.45) is 17.4 Å². The van der Waals surface area contributed by atoms with Gasteiger partial charge < -0.3 is 11.5 Å². The number of nitrogens with two attached hydrogens (primary N) is 2. The molecule has 0 saturated heterocycles. The smallest absolute Gasteiger partial charge is 0.221 e. The van der Waals surface area contributed by atoms with Crippen LogP contribution in [0, 0.1) is 5.92 Å². The van der Waals surface area contributed by atoms with Crippen LogP contribution < -0.4 is 11.5 Å². The van der Waals surface area contributed by atoms with Gasteiger partial charge in [0.1, 0.15) is 5.78 Å². The summed E-state index contributed by atoms with van der Waals surface area (Å²) in [5.74, 6) is 0.641. The van der Waals surface area contributed by atoms with Crippen LogP contribution in [0.5, 0.6) is 0 Å². The molecule has 1 unspecified atom stereocenters. The van der Waals surface area contributed by atoms with Crippen LogP contribution in [0.4, 0.5) is 0 Å². The monoisotopic (exact) mass is 204 g/mol. The summed E-state index contributed by atoms with van der Waals surface area (Å²) < 4.78 is 0. The van der Waals surface area contributed by atoms with Gasteiger partial charge in [-0.1, -0.05) is 6.92 Å². The summed E-state index contributed by atoms with van der Waals surface area (Å²) in [6.45, 7) is 1.98. The molecule has 13 heavy (non-hydrogen) atoms. The number of primary amides is 1. The Morgan fingerprint density at radius 3 is 2.46 bits per heavy atom. The van der Waals surface area contributed by atoms with Crippen LogP contribution in [0.2, 0.25) is 0 Å². The normalized spacial score (nSPS) is 12.5. The maximum absolute atomic E-state index is 10.9. The lowest BCUT2D eigenvalue weighted by Crippen LogP contribution is -2.29. The quantitative estimate of drug-likeness (QED) is 0.599. The van der Waals surface area contributed by atoms with Gasteiger partial charge in [-0.25, -0.2) is 0 Å². The van der Waals surface area contributed by atoms with Crippen molar-refractivity contribution in [1.82, 2.24) is 0 Å². The highest BCUT2D eigenvalue weighted by Crippen LogP contribution is 2.11. The van der Waals surface area contributed by atoms with E-state index in [1.54, 1.807) is 11.8 Å². The SMILES string of the molecule is CCSCC(CC(=O)CN)C(N)=O. The summed E-state index contributed by atoms with van der Waals surface area (Å²) in [5, 5.41) is 0. The molecule has 1 atom stereocenters. The second kappa shape index (κ2) is 6.91. The van der Waals surface area contributed by atoms with E-state index < -0.39 is 5.91 Å². The van der Waals surface area contributed by atoms with Crippen molar-refractivity contribution in [2.75, 3.05) is 18.1 Å². The van der Waals surface area contributed by atoms with E-state index in [1.165, 1.54) is 0 Å². The Balaban J connectivity index is 3.94. The highest BCUT2D eigenvalue weighted by molar-refractivity contribution is 7.99. The fourth-order valence-electron chi connectivity index (χ4n) is 0.860. The Labute approximate surface area is 82.4 Å². The highest BCUT2D eigenvalue weighted by atomic mass is 32.2. The first-order valence-electron chi connectivity index (χ1n) is 4.20. The molecule has 1 amide bonds. The molecule has 0 aromatic rings. The van der Waals surface area contributed by atoms with Gasteiger partial charge in [0.25, 0.3) is 0 Å². The van der Waals surface area contributed by atoms with Crippen molar-refractivity contribution in [3.8, 4) is 0 Å². The summed E-state index contributed by atoms with van der Waals surface area (Å²) in [6, 6.07) is 0. The van der Waals surface area contributed by atoms with E-state index >= 15 is 0 Å². The van der Waals surface area contributed by atoms with Crippen LogP contribution in [0.1, 0.15) is 13.3 Å². The van der Waals surface area contributed by atoms with Crippen molar-refractivity contribution < 1.29 is 9.59 Å². The number of rotatable bonds is 7. The Kier molecular flexibility index (Phi) is 6.62. The van der Waals surface area contributed by atoms with E-state index in [0.717, 1.165) is 5.75 Å². The number of amides is 1. The van der Waals surface area contributed by atoms with Crippen molar-refractivity contribution in [1.29, 1.82) is 0 Å². The van der Waals surface area contributed by atoms with E-state index in [4.69, 9.17) is 11.5 Å². The van der Waals surface area contributed by atoms with Gasteiger partial charge in [0.15, 0.2) is 0 Å². The number of carbonyl (C=O) groups excluding carboxylic acids is 2. The van der Waals surface area contributed by atoms with E-state index in [9.17, 15) is 9.59 Å². The molecule has 4 nitrogen and oxygen atoms in total. The van der Waals surface area contributed by atoms with Gasteiger partial charge in [-0.2, -0.15) is 11.8 Å². The molecule has 0 aromatic heterocycles. The molecule has 0 heterocycles. The van der Waals surface area contributed by atoms with Crippen LogP contribution in [-0.4, -0.2) is 29.7 Å². The van der Waals surface area contributed by atoms with E-state index in [0.29, 0.717) is 5.75 Å². The third-order valence-electron chi connectivity index (χ3n) is 1.63. The average Bonchev–Trinajstić information content (AvgIpc) is 2.11. The molecule has 0 aliphatic rings. The average molecular weight is 204 g/mol. The maximum Gasteiger partial charge on any atom is 0.221 e. The lowest BCUT2D eigenvalue weighted by Gasteiger charge is -2.10. The van der Waals surface area contributed by atoms with Crippen molar-refractivity contribution in [3.05, 3.63) is 0 Å². The molecule has 0 aliphatic carbocycles. The van der Waals surface area contributed by atoms with Crippen LogP contribution >= 0.6 is 11.8 Å². The Bertz CT molecular complexity index is 185. The maximum atomic E-state index is 10.9. The molecule has 0 bridgehead atoms. The number of Topliss-reactive ketones (excluding diaryl/α,β-unsaturated/α-hetero) is 1. The van der Waals surface area contributed by atoms with Gasteiger partial charge in [0.05, 0.1) is 12.5 Å².